The smallest absolute Gasteiger partial charge is 0.158 e. The van der Waals surface area contributed by atoms with Gasteiger partial charge in [0.1, 0.15) is 6.10 Å². The average Bonchev–Trinajstić information content (AvgIpc) is 2.45. The summed E-state index contributed by atoms with van der Waals surface area (Å²) in [6, 6.07) is 17.1. The maximum atomic E-state index is 11.8. The van der Waals surface area contributed by atoms with Crippen LogP contribution < -0.4 is 0 Å². The molecule has 102 valence electrons. The molecule has 20 heavy (non-hydrogen) atoms. The van der Waals surface area contributed by atoms with E-state index in [0.717, 1.165) is 14.7 Å². The SMILES string of the molecule is CC(=O)/C(=C\c1ccccc1)[C@@H](O)c1ccccc1I. The molecule has 2 aromatic rings. The summed E-state index contributed by atoms with van der Waals surface area (Å²) in [6.45, 7) is 1.48. The number of Topliss-reactive ketones (excluding diaryl/α,β-unsaturated/α-hetero) is 1. The fraction of sp³-hybridized carbons (Fsp3) is 0.118. The number of carbonyl (C=O) groups excluding carboxylic acids is 1. The first-order chi connectivity index (χ1) is 9.59. The van der Waals surface area contributed by atoms with Crippen LogP contribution in [0.5, 0.6) is 0 Å². The fourth-order valence-corrected chi connectivity index (χ4v) is 2.65. The van der Waals surface area contributed by atoms with Gasteiger partial charge in [-0.05, 0) is 52.8 Å². The van der Waals surface area contributed by atoms with E-state index in [1.165, 1.54) is 6.92 Å². The lowest BCUT2D eigenvalue weighted by Gasteiger charge is -2.15. The first-order valence-corrected chi connectivity index (χ1v) is 7.37. The van der Waals surface area contributed by atoms with Gasteiger partial charge in [-0.1, -0.05) is 48.5 Å². The van der Waals surface area contributed by atoms with Crippen LogP contribution >= 0.6 is 22.6 Å². The van der Waals surface area contributed by atoms with Gasteiger partial charge in [-0.25, -0.2) is 0 Å². The molecule has 0 fully saturated rings. The summed E-state index contributed by atoms with van der Waals surface area (Å²) in [4.78, 5) is 11.8. The van der Waals surface area contributed by atoms with Crippen molar-refractivity contribution in [1.29, 1.82) is 0 Å². The Kier molecular flexibility index (Phi) is 5.09. The third-order valence-corrected chi connectivity index (χ3v) is 4.01. The molecule has 1 N–H and O–H groups in total. The zero-order chi connectivity index (χ0) is 14.5. The third kappa shape index (κ3) is 3.55. The summed E-state index contributed by atoms with van der Waals surface area (Å²) < 4.78 is 0.942. The number of ketones is 1. The average molecular weight is 378 g/mol. The molecule has 0 spiro atoms. The van der Waals surface area contributed by atoms with Gasteiger partial charge in [0.25, 0.3) is 0 Å². The summed E-state index contributed by atoms with van der Waals surface area (Å²) in [5.41, 5.74) is 2.06. The van der Waals surface area contributed by atoms with E-state index in [4.69, 9.17) is 0 Å². The van der Waals surface area contributed by atoms with Gasteiger partial charge in [-0.3, -0.25) is 4.79 Å². The van der Waals surface area contributed by atoms with Crippen LogP contribution in [0.2, 0.25) is 0 Å². The minimum atomic E-state index is -0.902. The number of carbonyl (C=O) groups is 1. The Balaban J connectivity index is 2.42. The molecule has 2 aromatic carbocycles. The molecule has 0 aliphatic heterocycles. The van der Waals surface area contributed by atoms with Crippen LogP contribution in [0.3, 0.4) is 0 Å². The predicted molar refractivity (Wildman–Crippen MR) is 89.2 cm³/mol. The Morgan fingerprint density at radius 3 is 2.30 bits per heavy atom. The van der Waals surface area contributed by atoms with Gasteiger partial charge in [-0.15, -0.1) is 0 Å². The molecule has 0 aromatic heterocycles. The Hall–Kier alpha value is -1.46. The number of halogens is 1. The van der Waals surface area contributed by atoms with Crippen LogP contribution in [-0.4, -0.2) is 10.9 Å². The summed E-state index contributed by atoms with van der Waals surface area (Å²) in [6.07, 6.45) is 0.844. The van der Waals surface area contributed by atoms with Crippen LogP contribution in [0.1, 0.15) is 24.2 Å². The molecule has 1 atom stereocenters. The predicted octanol–water partition coefficient (Wildman–Crippen LogP) is 4.00. The first-order valence-electron chi connectivity index (χ1n) is 6.29. The second kappa shape index (κ2) is 6.81. The van der Waals surface area contributed by atoms with Crippen molar-refractivity contribution in [1.82, 2.24) is 0 Å². The van der Waals surface area contributed by atoms with Crippen molar-refractivity contribution in [3.8, 4) is 0 Å². The van der Waals surface area contributed by atoms with E-state index in [-0.39, 0.29) is 5.78 Å². The van der Waals surface area contributed by atoms with E-state index < -0.39 is 6.10 Å². The lowest BCUT2D eigenvalue weighted by atomic mass is 9.97. The molecule has 0 saturated heterocycles. The highest BCUT2D eigenvalue weighted by atomic mass is 127. The normalized spacial score (nSPS) is 13.1. The van der Waals surface area contributed by atoms with Gasteiger partial charge in [0.05, 0.1) is 0 Å². The quantitative estimate of drug-likeness (QED) is 0.645. The van der Waals surface area contributed by atoms with Crippen molar-refractivity contribution in [2.24, 2.45) is 0 Å². The van der Waals surface area contributed by atoms with E-state index in [1.54, 1.807) is 6.08 Å². The highest BCUT2D eigenvalue weighted by Crippen LogP contribution is 2.27. The molecule has 0 amide bonds. The fourth-order valence-electron chi connectivity index (χ4n) is 1.97. The van der Waals surface area contributed by atoms with Crippen LogP contribution in [0, 0.1) is 3.57 Å². The zero-order valence-electron chi connectivity index (χ0n) is 11.1. The minimum Gasteiger partial charge on any atom is -0.383 e. The summed E-state index contributed by atoms with van der Waals surface area (Å²) >= 11 is 2.16. The monoisotopic (exact) mass is 378 g/mol. The number of benzene rings is 2. The standard InChI is InChI=1S/C17H15IO2/c1-12(19)15(11-13-7-3-2-4-8-13)17(20)14-9-5-6-10-16(14)18/h2-11,17,20H,1H3/b15-11+/t17-/m0/s1. The highest BCUT2D eigenvalue weighted by Gasteiger charge is 2.19. The van der Waals surface area contributed by atoms with Crippen LogP contribution in [0.25, 0.3) is 6.08 Å². The van der Waals surface area contributed by atoms with Gasteiger partial charge < -0.3 is 5.11 Å². The molecule has 0 aliphatic rings. The number of rotatable bonds is 4. The number of hydrogen-bond acceptors (Lipinski definition) is 2. The molecular weight excluding hydrogens is 363 g/mol. The molecule has 3 heteroatoms. The van der Waals surface area contributed by atoms with Gasteiger partial charge >= 0.3 is 0 Å². The molecule has 0 saturated carbocycles. The van der Waals surface area contributed by atoms with Crippen molar-refractivity contribution in [3.63, 3.8) is 0 Å². The second-order valence-corrected chi connectivity index (χ2v) is 5.65. The number of aliphatic hydroxyl groups excluding tert-OH is 1. The Labute approximate surface area is 132 Å². The van der Waals surface area contributed by atoms with E-state index in [1.807, 2.05) is 54.6 Å². The molecular formula is C17H15IO2. The van der Waals surface area contributed by atoms with Crippen molar-refractivity contribution >= 4 is 34.5 Å². The summed E-state index contributed by atoms with van der Waals surface area (Å²) in [5, 5.41) is 10.5. The molecule has 0 radical (unpaired) electrons. The van der Waals surface area contributed by atoms with Gasteiger partial charge in [-0.2, -0.15) is 0 Å². The largest absolute Gasteiger partial charge is 0.383 e. The third-order valence-electron chi connectivity index (χ3n) is 3.02. The summed E-state index contributed by atoms with van der Waals surface area (Å²) in [7, 11) is 0. The second-order valence-electron chi connectivity index (χ2n) is 4.49. The van der Waals surface area contributed by atoms with Crippen molar-refractivity contribution in [2.45, 2.75) is 13.0 Å². The van der Waals surface area contributed by atoms with Gasteiger partial charge in [0.15, 0.2) is 5.78 Å². The molecule has 2 nitrogen and oxygen atoms in total. The molecule has 0 unspecified atom stereocenters. The highest BCUT2D eigenvalue weighted by molar-refractivity contribution is 14.1. The number of aliphatic hydroxyl groups is 1. The van der Waals surface area contributed by atoms with Crippen molar-refractivity contribution < 1.29 is 9.90 Å². The molecule has 0 heterocycles. The minimum absolute atomic E-state index is 0.124. The van der Waals surface area contributed by atoms with E-state index in [2.05, 4.69) is 22.6 Å². The van der Waals surface area contributed by atoms with Crippen molar-refractivity contribution in [2.75, 3.05) is 0 Å². The lowest BCUT2D eigenvalue weighted by Crippen LogP contribution is -2.10. The Morgan fingerprint density at radius 2 is 1.70 bits per heavy atom. The first kappa shape index (κ1) is 14.9. The van der Waals surface area contributed by atoms with E-state index in [0.29, 0.717) is 5.57 Å². The maximum absolute atomic E-state index is 11.8. The van der Waals surface area contributed by atoms with Crippen LogP contribution in [-0.2, 0) is 4.79 Å². The van der Waals surface area contributed by atoms with Crippen LogP contribution in [0.15, 0.2) is 60.2 Å². The van der Waals surface area contributed by atoms with Crippen molar-refractivity contribution in [3.05, 3.63) is 74.9 Å². The molecule has 0 aliphatic carbocycles. The maximum Gasteiger partial charge on any atom is 0.158 e. The van der Waals surface area contributed by atoms with Gasteiger partial charge in [0.2, 0.25) is 0 Å². The van der Waals surface area contributed by atoms with E-state index in [9.17, 15) is 9.90 Å². The zero-order valence-corrected chi connectivity index (χ0v) is 13.2. The van der Waals surface area contributed by atoms with E-state index >= 15 is 0 Å². The Bertz CT molecular complexity index is 632. The summed E-state index contributed by atoms with van der Waals surface area (Å²) in [5.74, 6) is -0.124. The lowest BCUT2D eigenvalue weighted by molar-refractivity contribution is -0.114. The Morgan fingerprint density at radius 1 is 1.10 bits per heavy atom. The van der Waals surface area contributed by atoms with Crippen LogP contribution in [0.4, 0.5) is 0 Å². The topological polar surface area (TPSA) is 37.3 Å². The number of hydrogen-bond donors (Lipinski definition) is 1. The molecule has 0 bridgehead atoms. The molecule has 2 rings (SSSR count). The van der Waals surface area contributed by atoms with Gasteiger partial charge in [0, 0.05) is 9.14 Å².